The molecule has 2 aromatic heterocycles. The summed E-state index contributed by atoms with van der Waals surface area (Å²) in [5, 5.41) is 4.18. The van der Waals surface area contributed by atoms with Crippen LogP contribution in [0, 0.1) is 5.92 Å². The number of carbonyl (C=O) groups is 1. The molecule has 0 unspecified atom stereocenters. The Labute approximate surface area is 155 Å². The molecule has 2 aromatic rings. The molecule has 26 heavy (non-hydrogen) atoms. The summed E-state index contributed by atoms with van der Waals surface area (Å²) in [7, 11) is 3.98. The number of rotatable bonds is 7. The molecule has 140 valence electrons. The van der Waals surface area contributed by atoms with Crippen molar-refractivity contribution < 1.29 is 4.79 Å². The largest absolute Gasteiger partial charge is 0.361 e. The zero-order valence-corrected chi connectivity index (χ0v) is 15.7. The van der Waals surface area contributed by atoms with Crippen molar-refractivity contribution in [3.63, 3.8) is 0 Å². The topological polar surface area (TPSA) is 67.2 Å². The molecule has 0 bridgehead atoms. The average molecular weight is 356 g/mol. The van der Waals surface area contributed by atoms with Gasteiger partial charge in [0.25, 0.3) is 0 Å². The number of carbonyl (C=O) groups excluding carboxylic acids is 1. The average Bonchev–Trinajstić information content (AvgIpc) is 3.15. The van der Waals surface area contributed by atoms with E-state index in [4.69, 9.17) is 0 Å². The summed E-state index contributed by atoms with van der Waals surface area (Å²) in [6.07, 6.45) is 11.7. The first kappa shape index (κ1) is 18.4. The van der Waals surface area contributed by atoms with Crippen molar-refractivity contribution in [3.8, 4) is 0 Å². The minimum absolute atomic E-state index is 0.258. The van der Waals surface area contributed by atoms with Gasteiger partial charge in [0.2, 0.25) is 5.91 Å². The smallest absolute Gasteiger partial charge is 0.222 e. The third-order valence-corrected chi connectivity index (χ3v) is 4.87. The number of hydrogen-bond acceptors (Lipinski definition) is 5. The monoisotopic (exact) mass is 356 g/mol. The van der Waals surface area contributed by atoms with Crippen LogP contribution in [-0.4, -0.2) is 57.7 Å². The highest BCUT2D eigenvalue weighted by Gasteiger charge is 2.25. The summed E-state index contributed by atoms with van der Waals surface area (Å²) < 4.78 is 1.88. The molecule has 7 nitrogen and oxygen atoms in total. The van der Waals surface area contributed by atoms with Crippen molar-refractivity contribution in [1.29, 1.82) is 0 Å². The standard InChI is InChI=1S/C19H28N6O/c1-23(2)19-17(20-9-10-21-19)14-16-6-3-11-24(15-16)18(26)7-4-12-25-13-5-8-22-25/h5,8-10,13,16H,3-4,6-7,11-12,14-15H2,1-2H3/t16-/m0/s1. The van der Waals surface area contributed by atoms with Crippen molar-refractivity contribution in [2.24, 2.45) is 5.92 Å². The molecule has 1 aliphatic heterocycles. The molecule has 1 atom stereocenters. The third kappa shape index (κ3) is 4.80. The number of anilines is 1. The minimum Gasteiger partial charge on any atom is -0.361 e. The molecule has 0 saturated carbocycles. The van der Waals surface area contributed by atoms with Gasteiger partial charge in [0.05, 0.1) is 5.69 Å². The van der Waals surface area contributed by atoms with Crippen molar-refractivity contribution in [2.45, 2.75) is 38.6 Å². The quantitative estimate of drug-likeness (QED) is 0.759. The van der Waals surface area contributed by atoms with Crippen LogP contribution in [0.25, 0.3) is 0 Å². The van der Waals surface area contributed by atoms with Crippen LogP contribution >= 0.6 is 0 Å². The fraction of sp³-hybridized carbons (Fsp3) is 0.579. The lowest BCUT2D eigenvalue weighted by molar-refractivity contribution is -0.133. The molecule has 1 amide bonds. The zero-order chi connectivity index (χ0) is 18.4. The summed E-state index contributed by atoms with van der Waals surface area (Å²) in [6, 6.07) is 1.91. The zero-order valence-electron chi connectivity index (χ0n) is 15.7. The first-order chi connectivity index (χ1) is 12.6. The number of aromatic nitrogens is 4. The van der Waals surface area contributed by atoms with Gasteiger partial charge >= 0.3 is 0 Å². The Hall–Kier alpha value is -2.44. The van der Waals surface area contributed by atoms with Crippen LogP contribution in [0.15, 0.2) is 30.9 Å². The maximum atomic E-state index is 12.6. The van der Waals surface area contributed by atoms with Gasteiger partial charge in [0.1, 0.15) is 5.82 Å². The molecule has 3 rings (SSSR count). The van der Waals surface area contributed by atoms with Crippen LogP contribution in [0.4, 0.5) is 5.82 Å². The second-order valence-corrected chi connectivity index (χ2v) is 7.15. The fourth-order valence-corrected chi connectivity index (χ4v) is 3.59. The lowest BCUT2D eigenvalue weighted by Gasteiger charge is -2.33. The number of likely N-dealkylation sites (tertiary alicyclic amines) is 1. The molecule has 3 heterocycles. The number of amides is 1. The Bertz CT molecular complexity index is 700. The molecular formula is C19H28N6O. The summed E-state index contributed by atoms with van der Waals surface area (Å²) in [6.45, 7) is 2.49. The fourth-order valence-electron chi connectivity index (χ4n) is 3.59. The van der Waals surface area contributed by atoms with E-state index in [-0.39, 0.29) is 5.91 Å². The van der Waals surface area contributed by atoms with E-state index >= 15 is 0 Å². The summed E-state index contributed by atoms with van der Waals surface area (Å²) in [4.78, 5) is 25.6. The highest BCUT2D eigenvalue weighted by Crippen LogP contribution is 2.24. The number of hydrogen-bond donors (Lipinski definition) is 0. The molecule has 0 N–H and O–H groups in total. The van der Waals surface area contributed by atoms with E-state index < -0.39 is 0 Å². The second-order valence-electron chi connectivity index (χ2n) is 7.15. The minimum atomic E-state index is 0.258. The first-order valence-electron chi connectivity index (χ1n) is 9.36. The van der Waals surface area contributed by atoms with E-state index in [0.717, 1.165) is 56.8 Å². The molecule has 1 saturated heterocycles. The molecule has 0 aromatic carbocycles. The van der Waals surface area contributed by atoms with Gasteiger partial charge in [-0.1, -0.05) is 0 Å². The van der Waals surface area contributed by atoms with E-state index in [2.05, 4.69) is 15.1 Å². The third-order valence-electron chi connectivity index (χ3n) is 4.87. The Morgan fingerprint density at radius 1 is 1.27 bits per heavy atom. The van der Waals surface area contributed by atoms with Gasteiger partial charge in [-0.2, -0.15) is 5.10 Å². The van der Waals surface area contributed by atoms with Gasteiger partial charge in [-0.15, -0.1) is 0 Å². The molecule has 1 aliphatic rings. The molecule has 7 heteroatoms. The highest BCUT2D eigenvalue weighted by molar-refractivity contribution is 5.76. The van der Waals surface area contributed by atoms with Gasteiger partial charge in [-0.25, -0.2) is 4.98 Å². The Kier molecular flexibility index (Phi) is 6.20. The maximum Gasteiger partial charge on any atom is 0.222 e. The van der Waals surface area contributed by atoms with Crippen LogP contribution in [-0.2, 0) is 17.8 Å². The highest BCUT2D eigenvalue weighted by atomic mass is 16.2. The van der Waals surface area contributed by atoms with Gasteiger partial charge in [0, 0.05) is 64.9 Å². The van der Waals surface area contributed by atoms with Crippen molar-refractivity contribution >= 4 is 11.7 Å². The van der Waals surface area contributed by atoms with Gasteiger partial charge in [-0.05, 0) is 37.7 Å². The van der Waals surface area contributed by atoms with Gasteiger partial charge in [0.15, 0.2) is 0 Å². The Balaban J connectivity index is 1.51. The molecule has 0 radical (unpaired) electrons. The predicted molar refractivity (Wildman–Crippen MR) is 101 cm³/mol. The van der Waals surface area contributed by atoms with E-state index in [1.807, 2.05) is 40.8 Å². The molecule has 0 spiro atoms. The first-order valence-corrected chi connectivity index (χ1v) is 9.36. The summed E-state index contributed by atoms with van der Waals surface area (Å²) in [5.74, 6) is 1.64. The van der Waals surface area contributed by atoms with Gasteiger partial charge < -0.3 is 9.80 Å². The SMILES string of the molecule is CN(C)c1nccnc1C[C@@H]1CCCN(C(=O)CCCn2cccn2)C1. The van der Waals surface area contributed by atoms with Gasteiger partial charge in [-0.3, -0.25) is 14.5 Å². The lowest BCUT2D eigenvalue weighted by atomic mass is 9.93. The van der Waals surface area contributed by atoms with Crippen molar-refractivity contribution in [3.05, 3.63) is 36.5 Å². The molecular weight excluding hydrogens is 328 g/mol. The Morgan fingerprint density at radius 3 is 2.88 bits per heavy atom. The normalized spacial score (nSPS) is 17.3. The van der Waals surface area contributed by atoms with Crippen LogP contribution in [0.3, 0.4) is 0 Å². The van der Waals surface area contributed by atoms with Crippen LogP contribution < -0.4 is 4.90 Å². The lowest BCUT2D eigenvalue weighted by Crippen LogP contribution is -2.40. The van der Waals surface area contributed by atoms with Crippen LogP contribution in [0.2, 0.25) is 0 Å². The Morgan fingerprint density at radius 2 is 2.12 bits per heavy atom. The van der Waals surface area contributed by atoms with E-state index in [9.17, 15) is 4.79 Å². The van der Waals surface area contributed by atoms with Crippen LogP contribution in [0.5, 0.6) is 0 Å². The van der Waals surface area contributed by atoms with Crippen molar-refractivity contribution in [2.75, 3.05) is 32.1 Å². The summed E-state index contributed by atoms with van der Waals surface area (Å²) in [5.41, 5.74) is 1.02. The number of nitrogens with zero attached hydrogens (tertiary/aromatic N) is 6. The second kappa shape index (κ2) is 8.78. The van der Waals surface area contributed by atoms with Crippen LogP contribution in [0.1, 0.15) is 31.4 Å². The molecule has 1 fully saturated rings. The maximum absolute atomic E-state index is 12.6. The van der Waals surface area contributed by atoms with E-state index in [1.165, 1.54) is 0 Å². The number of aryl methyl sites for hydroxylation is 1. The van der Waals surface area contributed by atoms with E-state index in [1.54, 1.807) is 18.6 Å². The van der Waals surface area contributed by atoms with E-state index in [0.29, 0.717) is 12.3 Å². The predicted octanol–water partition coefficient (Wildman–Crippen LogP) is 2.00. The van der Waals surface area contributed by atoms with Crippen molar-refractivity contribution in [1.82, 2.24) is 24.6 Å². The number of piperidine rings is 1. The molecule has 0 aliphatic carbocycles. The summed E-state index contributed by atoms with van der Waals surface area (Å²) >= 11 is 0.